The van der Waals surface area contributed by atoms with Crippen LogP contribution in [0, 0.1) is 5.41 Å². The van der Waals surface area contributed by atoms with Gasteiger partial charge >= 0.3 is 0 Å². The third kappa shape index (κ3) is 2.64. The van der Waals surface area contributed by atoms with Crippen molar-refractivity contribution in [2.24, 2.45) is 5.41 Å². The van der Waals surface area contributed by atoms with Gasteiger partial charge in [0.25, 0.3) is 0 Å². The van der Waals surface area contributed by atoms with E-state index in [4.69, 9.17) is 0 Å². The van der Waals surface area contributed by atoms with Crippen LogP contribution in [0.15, 0.2) is 30.3 Å². The van der Waals surface area contributed by atoms with Crippen LogP contribution >= 0.6 is 0 Å². The zero-order valence-corrected chi connectivity index (χ0v) is 13.2. The van der Waals surface area contributed by atoms with Gasteiger partial charge in [-0.25, -0.2) is 0 Å². The molecule has 3 heterocycles. The monoisotopic (exact) mass is 284 g/mol. The normalized spacial score (nSPS) is 39.8. The number of hydrogen-bond acceptors (Lipinski definition) is 2. The molecule has 4 atom stereocenters. The Balaban J connectivity index is 1.46. The molecule has 21 heavy (non-hydrogen) atoms. The fraction of sp³-hybridized carbons (Fsp3) is 0.684. The highest BCUT2D eigenvalue weighted by Gasteiger charge is 2.44. The molecule has 2 nitrogen and oxygen atoms in total. The summed E-state index contributed by atoms with van der Waals surface area (Å²) in [5.74, 6) is 0.800. The number of nitrogens with zero attached hydrogens (tertiary/aromatic N) is 1. The number of fused-ring (bicyclic) bond motifs is 2. The number of piperidine rings is 1. The predicted molar refractivity (Wildman–Crippen MR) is 87.5 cm³/mol. The number of nitrogens with one attached hydrogen (secondary N) is 1. The predicted octanol–water partition coefficient (Wildman–Crippen LogP) is 3.40. The maximum Gasteiger partial charge on any atom is 0.0105 e. The molecule has 2 heteroatoms. The molecule has 1 aromatic carbocycles. The molecule has 2 unspecified atom stereocenters. The van der Waals surface area contributed by atoms with Crippen LogP contribution in [0.2, 0.25) is 0 Å². The second kappa shape index (κ2) is 5.40. The van der Waals surface area contributed by atoms with Gasteiger partial charge in [0.15, 0.2) is 0 Å². The molecule has 3 fully saturated rings. The molecule has 0 saturated carbocycles. The van der Waals surface area contributed by atoms with E-state index >= 15 is 0 Å². The molecule has 3 aliphatic rings. The first kappa shape index (κ1) is 13.8. The standard InChI is InChI=1S/C19H28N2/c1-19(9-10-20-13-19)14-21-17-7-8-18(21)12-16(11-17)15-5-3-2-4-6-15/h2-6,16-18,20H,7-14H2,1H3/t16?,17-,18+,19?. The molecule has 4 rings (SSSR count). The van der Waals surface area contributed by atoms with Crippen LogP contribution in [-0.4, -0.2) is 36.6 Å². The van der Waals surface area contributed by atoms with E-state index in [2.05, 4.69) is 47.5 Å². The summed E-state index contributed by atoms with van der Waals surface area (Å²) in [6.45, 7) is 6.23. The highest BCUT2D eigenvalue weighted by Crippen LogP contribution is 2.44. The highest BCUT2D eigenvalue weighted by atomic mass is 15.2. The van der Waals surface area contributed by atoms with Gasteiger partial charge in [0.1, 0.15) is 0 Å². The van der Waals surface area contributed by atoms with E-state index in [-0.39, 0.29) is 0 Å². The van der Waals surface area contributed by atoms with Gasteiger partial charge in [-0.15, -0.1) is 0 Å². The van der Waals surface area contributed by atoms with Crippen molar-refractivity contribution in [3.8, 4) is 0 Å². The molecule has 0 aromatic heterocycles. The molecule has 2 bridgehead atoms. The molecular formula is C19H28N2. The second-order valence-corrected chi connectivity index (χ2v) is 7.87. The summed E-state index contributed by atoms with van der Waals surface area (Å²) in [6, 6.07) is 12.9. The van der Waals surface area contributed by atoms with Crippen LogP contribution in [-0.2, 0) is 0 Å². The Bertz CT molecular complexity index is 464. The van der Waals surface area contributed by atoms with Crippen LogP contribution in [0.4, 0.5) is 0 Å². The van der Waals surface area contributed by atoms with Crippen molar-refractivity contribution < 1.29 is 0 Å². The molecule has 3 saturated heterocycles. The molecule has 0 amide bonds. The van der Waals surface area contributed by atoms with Crippen LogP contribution in [0.1, 0.15) is 50.5 Å². The van der Waals surface area contributed by atoms with E-state index in [1.54, 1.807) is 5.56 Å². The molecule has 114 valence electrons. The average molecular weight is 284 g/mol. The molecule has 1 aromatic rings. The summed E-state index contributed by atoms with van der Waals surface area (Å²) >= 11 is 0. The van der Waals surface area contributed by atoms with E-state index in [1.807, 2.05) is 0 Å². The van der Waals surface area contributed by atoms with Gasteiger partial charge < -0.3 is 5.32 Å². The van der Waals surface area contributed by atoms with Crippen LogP contribution in [0.3, 0.4) is 0 Å². The van der Waals surface area contributed by atoms with Crippen molar-refractivity contribution in [2.45, 2.75) is 57.0 Å². The lowest BCUT2D eigenvalue weighted by atomic mass is 9.82. The van der Waals surface area contributed by atoms with Gasteiger partial charge in [-0.1, -0.05) is 37.3 Å². The molecule has 1 N–H and O–H groups in total. The third-order valence-corrected chi connectivity index (χ3v) is 6.18. The Morgan fingerprint density at radius 1 is 1.14 bits per heavy atom. The fourth-order valence-corrected chi connectivity index (χ4v) is 4.97. The van der Waals surface area contributed by atoms with Crippen molar-refractivity contribution in [2.75, 3.05) is 19.6 Å². The lowest BCUT2D eigenvalue weighted by Gasteiger charge is -2.43. The van der Waals surface area contributed by atoms with Gasteiger partial charge in [0.05, 0.1) is 0 Å². The maximum atomic E-state index is 3.56. The summed E-state index contributed by atoms with van der Waals surface area (Å²) in [5.41, 5.74) is 2.09. The summed E-state index contributed by atoms with van der Waals surface area (Å²) < 4.78 is 0. The number of rotatable bonds is 3. The lowest BCUT2D eigenvalue weighted by molar-refractivity contribution is 0.0799. The Kier molecular flexibility index (Phi) is 3.55. The Labute approximate surface area is 128 Å². The molecule has 0 radical (unpaired) electrons. The van der Waals surface area contributed by atoms with E-state index < -0.39 is 0 Å². The van der Waals surface area contributed by atoms with Crippen LogP contribution in [0.5, 0.6) is 0 Å². The van der Waals surface area contributed by atoms with Gasteiger partial charge in [-0.2, -0.15) is 0 Å². The third-order valence-electron chi connectivity index (χ3n) is 6.18. The second-order valence-electron chi connectivity index (χ2n) is 7.87. The number of hydrogen-bond donors (Lipinski definition) is 1. The highest BCUT2D eigenvalue weighted by molar-refractivity contribution is 5.22. The van der Waals surface area contributed by atoms with E-state index in [0.29, 0.717) is 5.41 Å². The Morgan fingerprint density at radius 2 is 1.86 bits per heavy atom. The van der Waals surface area contributed by atoms with Crippen LogP contribution < -0.4 is 5.32 Å². The summed E-state index contributed by atoms with van der Waals surface area (Å²) in [6.07, 6.45) is 6.97. The first-order valence-electron chi connectivity index (χ1n) is 8.75. The minimum absolute atomic E-state index is 0.514. The molecule has 0 spiro atoms. The lowest BCUT2D eigenvalue weighted by Crippen LogP contribution is -2.47. The van der Waals surface area contributed by atoms with Crippen molar-refractivity contribution in [3.05, 3.63) is 35.9 Å². The van der Waals surface area contributed by atoms with E-state index in [9.17, 15) is 0 Å². The first-order chi connectivity index (χ1) is 10.2. The van der Waals surface area contributed by atoms with Gasteiger partial charge in [0, 0.05) is 25.2 Å². The van der Waals surface area contributed by atoms with Crippen LogP contribution in [0.25, 0.3) is 0 Å². The quantitative estimate of drug-likeness (QED) is 0.915. The average Bonchev–Trinajstić information content (AvgIpc) is 3.01. The topological polar surface area (TPSA) is 15.3 Å². The summed E-state index contributed by atoms with van der Waals surface area (Å²) in [7, 11) is 0. The SMILES string of the molecule is CC1(CN2[C@@H]3CC[C@H]2CC(c2ccccc2)C3)CCNC1. The van der Waals surface area contributed by atoms with Gasteiger partial charge in [-0.3, -0.25) is 4.90 Å². The largest absolute Gasteiger partial charge is 0.316 e. The minimum atomic E-state index is 0.514. The summed E-state index contributed by atoms with van der Waals surface area (Å²) in [4.78, 5) is 2.88. The zero-order chi connectivity index (χ0) is 14.3. The van der Waals surface area contributed by atoms with Gasteiger partial charge in [-0.05, 0) is 55.5 Å². The zero-order valence-electron chi connectivity index (χ0n) is 13.2. The Hall–Kier alpha value is -0.860. The van der Waals surface area contributed by atoms with Gasteiger partial charge in [0.2, 0.25) is 0 Å². The van der Waals surface area contributed by atoms with Crippen molar-refractivity contribution in [3.63, 3.8) is 0 Å². The smallest absolute Gasteiger partial charge is 0.0105 e. The fourth-order valence-electron chi connectivity index (χ4n) is 4.97. The van der Waals surface area contributed by atoms with E-state index in [1.165, 1.54) is 51.7 Å². The Morgan fingerprint density at radius 3 is 2.48 bits per heavy atom. The first-order valence-corrected chi connectivity index (χ1v) is 8.75. The molecule has 3 aliphatic heterocycles. The van der Waals surface area contributed by atoms with Crippen molar-refractivity contribution >= 4 is 0 Å². The maximum absolute atomic E-state index is 3.56. The molecule has 0 aliphatic carbocycles. The van der Waals surface area contributed by atoms with E-state index in [0.717, 1.165) is 18.0 Å². The van der Waals surface area contributed by atoms with Crippen molar-refractivity contribution in [1.29, 1.82) is 0 Å². The summed E-state index contributed by atoms with van der Waals surface area (Å²) in [5, 5.41) is 3.56. The molecular weight excluding hydrogens is 256 g/mol. The van der Waals surface area contributed by atoms with Crippen molar-refractivity contribution in [1.82, 2.24) is 10.2 Å². The minimum Gasteiger partial charge on any atom is -0.316 e. The number of benzene rings is 1.